The van der Waals surface area contributed by atoms with Crippen molar-refractivity contribution >= 4 is 0 Å². The molecule has 0 aromatic heterocycles. The van der Waals surface area contributed by atoms with Crippen LogP contribution < -0.4 is 0 Å². The monoisotopic (exact) mass is 1040 g/mol. The molecule has 418 valence electrons. The third kappa shape index (κ3) is 8.77. The van der Waals surface area contributed by atoms with E-state index in [1.165, 1.54) is 6.92 Å². The maximum Gasteiger partial charge on any atom is 0.187 e. The van der Waals surface area contributed by atoms with Crippen molar-refractivity contribution in [3.8, 4) is 0 Å². The fourth-order valence-corrected chi connectivity index (χ4v) is 16.9. The summed E-state index contributed by atoms with van der Waals surface area (Å²) in [5.41, 5.74) is -0.717. The molecule has 10 rings (SSSR count). The fourth-order valence-electron chi connectivity index (χ4n) is 16.9. The maximum atomic E-state index is 12.3. The van der Waals surface area contributed by atoms with Crippen LogP contribution in [0.3, 0.4) is 0 Å². The molecule has 6 saturated heterocycles. The van der Waals surface area contributed by atoms with Crippen molar-refractivity contribution in [1.82, 2.24) is 0 Å². The van der Waals surface area contributed by atoms with E-state index in [9.17, 15) is 56.2 Å². The highest BCUT2D eigenvalue weighted by molar-refractivity contribution is 5.27. The highest BCUT2D eigenvalue weighted by Crippen LogP contribution is 2.80. The average Bonchev–Trinajstić information content (AvgIpc) is 3.85. The van der Waals surface area contributed by atoms with Crippen molar-refractivity contribution in [3.05, 3.63) is 11.6 Å². The Labute approximate surface area is 426 Å². The summed E-state index contributed by atoms with van der Waals surface area (Å²) >= 11 is 0. The number of ether oxygens (including phenoxy) is 10. The fraction of sp³-hybridized carbons (Fsp3) is 0.962. The molecule has 10 fully saturated rings. The zero-order valence-corrected chi connectivity index (χ0v) is 43.4. The molecule has 21 heteroatoms. The number of fused-ring (bicyclic) bond motifs is 4. The van der Waals surface area contributed by atoms with Gasteiger partial charge in [0, 0.05) is 24.2 Å². The predicted octanol–water partition coefficient (Wildman–Crippen LogP) is -0.542. The molecule has 21 nitrogen and oxygen atoms in total. The van der Waals surface area contributed by atoms with Gasteiger partial charge < -0.3 is 104 Å². The first-order chi connectivity index (χ1) is 34.2. The first-order valence-corrected chi connectivity index (χ1v) is 26.8. The molecule has 0 aromatic carbocycles. The number of allylic oxidation sites excluding steroid dienone is 1. The van der Waals surface area contributed by atoms with E-state index in [1.54, 1.807) is 0 Å². The Morgan fingerprint density at radius 1 is 0.644 bits per heavy atom. The number of hydrogen-bond acceptors (Lipinski definition) is 21. The molecule has 4 aliphatic carbocycles. The van der Waals surface area contributed by atoms with Crippen LogP contribution in [0.2, 0.25) is 0 Å². The summed E-state index contributed by atoms with van der Waals surface area (Å²) in [5, 5.41) is 121. The van der Waals surface area contributed by atoms with E-state index in [0.29, 0.717) is 25.4 Å². The van der Waals surface area contributed by atoms with Gasteiger partial charge in [-0.15, -0.1) is 0 Å². The second-order valence-corrected chi connectivity index (χ2v) is 25.3. The van der Waals surface area contributed by atoms with Crippen LogP contribution in [0.15, 0.2) is 11.6 Å². The van der Waals surface area contributed by atoms with Gasteiger partial charge in [0.15, 0.2) is 30.9 Å². The molecule has 0 aromatic rings. The SMILES string of the molecule is CC(C)=C[C@H]1C[C@@](C)(O)[C@H]2[C@@H]3CC[C@H]4[C@]5(C)CC[C@@H](O[C@H]6OC[C@@H](O)[C@@H](O[C@H]7O[C@@H](CO)[C@H](O)[C@@H](O)[C@@H]7O[C@H]7OC[C@H](O)[C@@H](O)[C@@H]7O)[C@@H]6O[C@H]6O[C@H](C)[C@H](O)[C@H](O)[C@@H]6O)C(C)(C)[C@H]5CC[C@]4(C)[C@]34CO[C@]2(C4)O1. The lowest BCUT2D eigenvalue weighted by atomic mass is 9.35. The summed E-state index contributed by atoms with van der Waals surface area (Å²) in [7, 11) is 0. The summed E-state index contributed by atoms with van der Waals surface area (Å²) in [5.74, 6) is -0.230. The van der Waals surface area contributed by atoms with Crippen molar-refractivity contribution in [1.29, 1.82) is 0 Å². The minimum atomic E-state index is -1.87. The Bertz CT molecular complexity index is 2010. The second-order valence-electron chi connectivity index (χ2n) is 25.3. The lowest BCUT2D eigenvalue weighted by Crippen LogP contribution is -2.68. The van der Waals surface area contributed by atoms with Crippen LogP contribution in [0.4, 0.5) is 0 Å². The van der Waals surface area contributed by atoms with E-state index >= 15 is 0 Å². The van der Waals surface area contributed by atoms with Crippen LogP contribution >= 0.6 is 0 Å². The zero-order valence-electron chi connectivity index (χ0n) is 43.4. The molecule has 0 radical (unpaired) electrons. The van der Waals surface area contributed by atoms with Gasteiger partial charge in [0.1, 0.15) is 79.4 Å². The molecule has 73 heavy (non-hydrogen) atoms. The highest BCUT2D eigenvalue weighted by Gasteiger charge is 2.81. The topological polar surface area (TPSA) is 315 Å². The molecule has 0 amide bonds. The van der Waals surface area contributed by atoms with Crippen molar-refractivity contribution in [2.45, 2.75) is 241 Å². The van der Waals surface area contributed by atoms with Gasteiger partial charge in [-0.05, 0) is 100 Å². The molecule has 6 heterocycles. The van der Waals surface area contributed by atoms with Crippen molar-refractivity contribution < 1.29 is 104 Å². The average molecular weight is 1050 g/mol. The van der Waals surface area contributed by atoms with E-state index in [2.05, 4.69) is 47.6 Å². The Morgan fingerprint density at radius 3 is 2.03 bits per heavy atom. The maximum absolute atomic E-state index is 12.3. The van der Waals surface area contributed by atoms with Crippen LogP contribution in [0, 0.1) is 45.3 Å². The Balaban J connectivity index is 0.919. The van der Waals surface area contributed by atoms with Crippen LogP contribution in [0.5, 0.6) is 0 Å². The Morgan fingerprint density at radius 2 is 1.32 bits per heavy atom. The summed E-state index contributed by atoms with van der Waals surface area (Å²) in [4.78, 5) is 0. The van der Waals surface area contributed by atoms with Gasteiger partial charge in [-0.25, -0.2) is 0 Å². The highest BCUT2D eigenvalue weighted by atomic mass is 16.8. The standard InChI is InChI=1S/C52H84O21/c1-22(2)15-24-16-50(8,63)42-25-9-10-30-48(6)13-12-31(47(4,5)29(48)11-14-49(30,7)51(25)20-52(42,73-24)66-21-51)69-45-41(72-44-38(62)35(59)32(56)23(3)67-44)39(27(55)19-65-45)70-46-40(36(60)34(58)28(17-53)68-46)71-43-37(61)33(57)26(54)18-64-43/h15,23-46,53-63H,9-14,16-21H2,1-8H3/t23-,24+,25+,26+,27-,28+,29-,30+,31-,32+,33-,34+,35+,36-,37+,38+,39-,40+,41+,42-,43-,44-,45-,46-,48-,49+,50-,51-,52-/m1/s1. The van der Waals surface area contributed by atoms with Crippen LogP contribution in [0.1, 0.15) is 107 Å². The van der Waals surface area contributed by atoms with E-state index in [0.717, 1.165) is 44.1 Å². The second kappa shape index (κ2) is 19.6. The first-order valence-electron chi connectivity index (χ1n) is 26.8. The van der Waals surface area contributed by atoms with Gasteiger partial charge >= 0.3 is 0 Å². The Kier molecular flexibility index (Phi) is 14.8. The molecule has 4 saturated carbocycles. The first kappa shape index (κ1) is 55.2. The van der Waals surface area contributed by atoms with Crippen molar-refractivity contribution in [3.63, 3.8) is 0 Å². The van der Waals surface area contributed by atoms with Crippen LogP contribution in [0.25, 0.3) is 0 Å². The number of rotatable bonds is 10. The van der Waals surface area contributed by atoms with Gasteiger partial charge in [-0.3, -0.25) is 0 Å². The predicted molar refractivity (Wildman–Crippen MR) is 250 cm³/mol. The molecule has 2 bridgehead atoms. The van der Waals surface area contributed by atoms with Crippen molar-refractivity contribution in [2.24, 2.45) is 45.3 Å². The Hall–Kier alpha value is -1.10. The number of hydrogen-bond donors (Lipinski definition) is 11. The van der Waals surface area contributed by atoms with E-state index in [1.807, 2.05) is 6.92 Å². The molecular weight excluding hydrogens is 961 g/mol. The molecule has 2 spiro atoms. The largest absolute Gasteiger partial charge is 0.394 e. The number of aliphatic hydroxyl groups is 11. The molecule has 11 N–H and O–H groups in total. The summed E-state index contributed by atoms with van der Waals surface area (Å²) in [6.45, 7) is 15.9. The normalized spacial score (nSPS) is 57.5. The minimum absolute atomic E-state index is 0.108. The van der Waals surface area contributed by atoms with E-state index < -0.39 is 147 Å². The number of aliphatic hydroxyl groups excluding tert-OH is 10. The summed E-state index contributed by atoms with van der Waals surface area (Å²) in [6, 6.07) is 0. The molecule has 29 atom stereocenters. The summed E-state index contributed by atoms with van der Waals surface area (Å²) < 4.78 is 63.4. The van der Waals surface area contributed by atoms with Gasteiger partial charge in [0.2, 0.25) is 0 Å². The van der Waals surface area contributed by atoms with Crippen LogP contribution in [-0.2, 0) is 47.4 Å². The van der Waals surface area contributed by atoms with Gasteiger partial charge in [-0.2, -0.15) is 0 Å². The smallest absolute Gasteiger partial charge is 0.187 e. The van der Waals surface area contributed by atoms with Gasteiger partial charge in [-0.1, -0.05) is 39.3 Å². The molecule has 10 aliphatic rings. The summed E-state index contributed by atoms with van der Waals surface area (Å²) in [6.07, 6.45) is -20.8. The van der Waals surface area contributed by atoms with Gasteiger partial charge in [0.25, 0.3) is 0 Å². The quantitative estimate of drug-likeness (QED) is 0.0967. The lowest BCUT2D eigenvalue weighted by molar-refractivity contribution is -0.399. The lowest BCUT2D eigenvalue weighted by Gasteiger charge is -2.70. The van der Waals surface area contributed by atoms with Crippen LogP contribution in [-0.4, -0.2) is 217 Å². The van der Waals surface area contributed by atoms with Gasteiger partial charge in [0.05, 0.1) is 50.3 Å². The third-order valence-electron chi connectivity index (χ3n) is 20.4. The molecule has 0 unspecified atom stereocenters. The minimum Gasteiger partial charge on any atom is -0.394 e. The zero-order chi connectivity index (χ0) is 52.7. The van der Waals surface area contributed by atoms with E-state index in [-0.39, 0.29) is 46.7 Å². The van der Waals surface area contributed by atoms with E-state index in [4.69, 9.17) is 47.4 Å². The molecular formula is C52H84O21. The van der Waals surface area contributed by atoms with Crippen molar-refractivity contribution in [2.75, 3.05) is 26.4 Å². The molecule has 6 aliphatic heterocycles. The third-order valence-corrected chi connectivity index (χ3v) is 20.4.